The lowest BCUT2D eigenvalue weighted by Crippen LogP contribution is -2.35. The number of hydrogen-bond acceptors (Lipinski definition) is 5. The molecule has 0 unspecified atom stereocenters. The minimum atomic E-state index is -0.621. The third-order valence-electron chi connectivity index (χ3n) is 9.60. The van der Waals surface area contributed by atoms with E-state index in [0.717, 1.165) is 17.6 Å². The van der Waals surface area contributed by atoms with Crippen molar-refractivity contribution < 1.29 is 20.1 Å². The van der Waals surface area contributed by atoms with E-state index in [0.29, 0.717) is 47.5 Å². The van der Waals surface area contributed by atoms with Crippen molar-refractivity contribution in [2.24, 2.45) is 34.8 Å². The minimum absolute atomic E-state index is 0.250. The van der Waals surface area contributed by atoms with Crippen LogP contribution in [0.15, 0.2) is 72.1 Å². The van der Waals surface area contributed by atoms with Gasteiger partial charge in [-0.25, -0.2) is 0 Å². The molecule has 5 rings (SSSR count). The van der Waals surface area contributed by atoms with Crippen LogP contribution in [0.25, 0.3) is 0 Å². The van der Waals surface area contributed by atoms with Crippen LogP contribution < -0.4 is 5.73 Å². The molecule has 212 valence electrons. The van der Waals surface area contributed by atoms with Crippen molar-refractivity contribution in [1.29, 1.82) is 0 Å². The largest absolute Gasteiger partial charge is 0.393 e. The first-order valence-electron chi connectivity index (χ1n) is 14.6. The van der Waals surface area contributed by atoms with Gasteiger partial charge < -0.3 is 21.1 Å². The van der Waals surface area contributed by atoms with Crippen LogP contribution in [0.3, 0.4) is 0 Å². The summed E-state index contributed by atoms with van der Waals surface area (Å²) < 4.78 is 0. The van der Waals surface area contributed by atoms with Crippen LogP contribution in [0.1, 0.15) is 82.0 Å². The van der Waals surface area contributed by atoms with E-state index in [1.807, 2.05) is 0 Å². The highest BCUT2D eigenvalue weighted by Gasteiger charge is 2.50. The summed E-state index contributed by atoms with van der Waals surface area (Å²) in [5, 5.41) is 30.4. The molecule has 0 saturated heterocycles. The summed E-state index contributed by atoms with van der Waals surface area (Å²) in [6.07, 6.45) is 19.9. The maximum atomic E-state index is 10.4. The molecule has 6 heteroatoms. The van der Waals surface area contributed by atoms with Gasteiger partial charge in [-0.05, 0) is 104 Å². The van der Waals surface area contributed by atoms with Gasteiger partial charge in [0.05, 0.1) is 23.9 Å². The Morgan fingerprint density at radius 1 is 1.21 bits per heavy atom. The number of carbonyl (C=O) groups is 1. The van der Waals surface area contributed by atoms with Gasteiger partial charge in [-0.15, -0.1) is 0 Å². The van der Waals surface area contributed by atoms with Gasteiger partial charge in [0.15, 0.2) is 0 Å². The van der Waals surface area contributed by atoms with Crippen molar-refractivity contribution in [2.75, 3.05) is 0 Å². The Kier molecular flexibility index (Phi) is 9.63. The van der Waals surface area contributed by atoms with E-state index in [1.165, 1.54) is 50.3 Å². The number of hydrogen-bond donors (Lipinski definition) is 4. The number of carbonyl (C=O) groups excluding carboxylic acids is 1. The molecule has 0 aliphatic heterocycles. The number of nitrogens with zero attached hydrogens (tertiary/aromatic N) is 1. The summed E-state index contributed by atoms with van der Waals surface area (Å²) in [6.45, 7) is 8.88. The molecule has 4 fully saturated rings. The lowest BCUT2D eigenvalue weighted by molar-refractivity contribution is 0.0862. The van der Waals surface area contributed by atoms with E-state index < -0.39 is 18.1 Å². The number of fused-ring (bicyclic) bond motifs is 1. The second kappa shape index (κ2) is 12.8. The number of nitrogens with two attached hydrogens (primary N) is 1. The molecule has 5 N–H and O–H groups in total. The predicted molar refractivity (Wildman–Crippen MR) is 155 cm³/mol. The van der Waals surface area contributed by atoms with Crippen molar-refractivity contribution in [3.8, 4) is 0 Å². The molecule has 6 nitrogen and oxygen atoms in total. The number of primary amides is 1. The van der Waals surface area contributed by atoms with Gasteiger partial charge in [0, 0.05) is 18.8 Å². The van der Waals surface area contributed by atoms with Crippen molar-refractivity contribution in [3.63, 3.8) is 0 Å². The number of rotatable bonds is 6. The topological polar surface area (TPSA) is 117 Å². The zero-order valence-electron chi connectivity index (χ0n) is 23.5. The summed E-state index contributed by atoms with van der Waals surface area (Å²) in [4.78, 5) is 14.1. The first-order valence-corrected chi connectivity index (χ1v) is 14.6. The quantitative estimate of drug-likeness (QED) is 0.371. The first kappa shape index (κ1) is 29.4. The second-order valence-electron chi connectivity index (χ2n) is 12.3. The Morgan fingerprint density at radius 2 is 1.97 bits per heavy atom. The van der Waals surface area contributed by atoms with Crippen molar-refractivity contribution in [1.82, 2.24) is 4.98 Å². The number of aromatic nitrogens is 1. The van der Waals surface area contributed by atoms with Gasteiger partial charge in [-0.2, -0.15) is 0 Å². The van der Waals surface area contributed by atoms with Crippen LogP contribution in [-0.2, 0) is 0 Å². The molecule has 7 atom stereocenters. The fourth-order valence-electron chi connectivity index (χ4n) is 7.13. The molecule has 0 bridgehead atoms. The predicted octanol–water partition coefficient (Wildman–Crippen LogP) is 5.27. The Labute approximate surface area is 233 Å². The number of pyridine rings is 1. The van der Waals surface area contributed by atoms with Crippen molar-refractivity contribution in [2.45, 2.75) is 89.9 Å². The molecule has 39 heavy (non-hydrogen) atoms. The van der Waals surface area contributed by atoms with E-state index >= 15 is 0 Å². The standard InChI is InChI=1S/C27H40O3.C6H6N2O/c1-17(6-13-25(29)20-8-9-20)23-11-12-24-19(5-4-14-27(23,24)3)7-10-21-15-22(28)16-26(30)18(21)2;7-6(9)5-2-1-3-8-4-5/h6-7,10,13,17,20,22-26,28-30H,2,4-5,8-9,11-12,14-16H2,1,3H3;1-4H,(H2,7,9)/b13-6+,19-7+,21-10-;/t17-,22-,23-,24+,25-,26+,27-;/m1./s1. The molecular weight excluding hydrogens is 488 g/mol. The molecule has 1 heterocycles. The summed E-state index contributed by atoms with van der Waals surface area (Å²) in [5.41, 5.74) is 9.01. The normalized spacial score (nSPS) is 34.4. The lowest BCUT2D eigenvalue weighted by Gasteiger charge is -2.44. The van der Waals surface area contributed by atoms with E-state index in [2.05, 4.69) is 49.7 Å². The first-order chi connectivity index (χ1) is 18.6. The average Bonchev–Trinajstić information content (AvgIpc) is 3.70. The Hall–Kier alpha value is -2.54. The van der Waals surface area contributed by atoms with E-state index in [9.17, 15) is 20.1 Å². The van der Waals surface area contributed by atoms with Crippen LogP contribution in [0.5, 0.6) is 0 Å². The van der Waals surface area contributed by atoms with Crippen molar-refractivity contribution in [3.05, 3.63) is 77.7 Å². The molecule has 4 saturated carbocycles. The van der Waals surface area contributed by atoms with Crippen molar-refractivity contribution >= 4 is 5.91 Å². The van der Waals surface area contributed by atoms with Gasteiger partial charge >= 0.3 is 0 Å². The summed E-state index contributed by atoms with van der Waals surface area (Å²) >= 11 is 0. The molecule has 4 aliphatic carbocycles. The number of aliphatic hydroxyl groups excluding tert-OH is 3. The second-order valence-corrected chi connectivity index (χ2v) is 12.3. The zero-order valence-corrected chi connectivity index (χ0v) is 23.5. The number of amides is 1. The maximum Gasteiger partial charge on any atom is 0.250 e. The lowest BCUT2D eigenvalue weighted by atomic mass is 9.61. The molecule has 1 aromatic heterocycles. The zero-order chi connectivity index (χ0) is 28.2. The van der Waals surface area contributed by atoms with Crippen LogP contribution in [0, 0.1) is 29.1 Å². The van der Waals surface area contributed by atoms with Gasteiger partial charge in [-0.1, -0.05) is 50.3 Å². The highest BCUT2D eigenvalue weighted by atomic mass is 16.3. The number of allylic oxidation sites excluding steroid dienone is 4. The Balaban J connectivity index is 0.000000333. The maximum absolute atomic E-state index is 10.4. The molecule has 0 radical (unpaired) electrons. The smallest absolute Gasteiger partial charge is 0.250 e. The highest BCUT2D eigenvalue weighted by molar-refractivity contribution is 5.92. The van der Waals surface area contributed by atoms with Gasteiger partial charge in [0.2, 0.25) is 5.91 Å². The third-order valence-corrected chi connectivity index (χ3v) is 9.60. The Morgan fingerprint density at radius 3 is 2.62 bits per heavy atom. The van der Waals surface area contributed by atoms with Crippen LogP contribution >= 0.6 is 0 Å². The molecule has 1 amide bonds. The molecular formula is C33H46N2O4. The van der Waals surface area contributed by atoms with Crippen LogP contribution in [0.4, 0.5) is 0 Å². The minimum Gasteiger partial charge on any atom is -0.393 e. The number of aliphatic hydroxyl groups is 3. The Bertz CT molecular complexity index is 1110. The summed E-state index contributed by atoms with van der Waals surface area (Å²) in [7, 11) is 0. The van der Waals surface area contributed by atoms with Crippen LogP contribution in [0.2, 0.25) is 0 Å². The average molecular weight is 535 g/mol. The summed E-state index contributed by atoms with van der Waals surface area (Å²) in [5.74, 6) is 1.83. The monoisotopic (exact) mass is 534 g/mol. The van der Waals surface area contributed by atoms with E-state index in [4.69, 9.17) is 5.73 Å². The van der Waals surface area contributed by atoms with Gasteiger partial charge in [0.25, 0.3) is 0 Å². The summed E-state index contributed by atoms with van der Waals surface area (Å²) in [6, 6.07) is 3.29. The third kappa shape index (κ3) is 7.16. The molecule has 1 aromatic rings. The molecule has 4 aliphatic rings. The fourth-order valence-corrected chi connectivity index (χ4v) is 7.13. The molecule has 0 aromatic carbocycles. The fraction of sp³-hybridized carbons (Fsp3) is 0.576. The molecule has 0 spiro atoms. The van der Waals surface area contributed by atoms with Gasteiger partial charge in [0.1, 0.15) is 0 Å². The van der Waals surface area contributed by atoms with Gasteiger partial charge in [-0.3, -0.25) is 9.78 Å². The van der Waals surface area contributed by atoms with Crippen LogP contribution in [-0.4, -0.2) is 44.5 Å². The highest BCUT2D eigenvalue weighted by Crippen LogP contribution is 2.59. The SMILES string of the molecule is C=C1/C(=C\C=C2/CCC[C@]3(C)[C@@H]([C@H](C)/C=C/[C@@H](O)C4CC4)CC[C@@H]23)C[C@@H](O)C[C@@H]1O.NC(=O)c1cccnc1. The van der Waals surface area contributed by atoms with E-state index in [1.54, 1.807) is 18.3 Å². The van der Waals surface area contributed by atoms with E-state index in [-0.39, 0.29) is 6.10 Å².